The molecule has 1 heterocycles. The summed E-state index contributed by atoms with van der Waals surface area (Å²) in [6.45, 7) is 6.29. The van der Waals surface area contributed by atoms with E-state index >= 15 is 0 Å². The van der Waals surface area contributed by atoms with Gasteiger partial charge in [-0.3, -0.25) is 0 Å². The van der Waals surface area contributed by atoms with Gasteiger partial charge in [0, 0.05) is 16.7 Å². The topological polar surface area (TPSA) is 25.8 Å². The van der Waals surface area contributed by atoms with Crippen molar-refractivity contribution in [3.8, 4) is 33.8 Å². The molecule has 2 nitrogen and oxygen atoms in total. The molecule has 0 amide bonds. The van der Waals surface area contributed by atoms with Gasteiger partial charge in [-0.2, -0.15) is 0 Å². The Balaban J connectivity index is 2.02. The van der Waals surface area contributed by atoms with Gasteiger partial charge >= 0.3 is 0 Å². The van der Waals surface area contributed by atoms with Crippen LogP contribution in [0.4, 0.5) is 0 Å². The number of hydrogen-bond acceptors (Lipinski definition) is 2. The summed E-state index contributed by atoms with van der Waals surface area (Å²) in [7, 11) is 0. The van der Waals surface area contributed by atoms with Crippen molar-refractivity contribution in [1.29, 1.82) is 0 Å². The van der Waals surface area contributed by atoms with E-state index in [9.17, 15) is 0 Å². The molecular formula is C25H22N2. The zero-order valence-electron chi connectivity index (χ0n) is 15.9. The van der Waals surface area contributed by atoms with E-state index in [0.717, 1.165) is 39.5 Å². The van der Waals surface area contributed by atoms with Crippen LogP contribution >= 0.6 is 0 Å². The van der Waals surface area contributed by atoms with Crippen LogP contribution in [0.25, 0.3) is 33.8 Å². The maximum Gasteiger partial charge on any atom is 0.0973 e. The van der Waals surface area contributed by atoms with E-state index in [2.05, 4.69) is 74.5 Å². The summed E-state index contributed by atoms with van der Waals surface area (Å²) in [5.41, 5.74) is 9.51. The van der Waals surface area contributed by atoms with E-state index in [1.807, 2.05) is 25.1 Å². The van der Waals surface area contributed by atoms with Gasteiger partial charge in [0.2, 0.25) is 0 Å². The molecule has 0 atom stereocenters. The highest BCUT2D eigenvalue weighted by molar-refractivity contribution is 5.82. The van der Waals surface area contributed by atoms with E-state index in [0.29, 0.717) is 0 Å². The first-order chi connectivity index (χ1) is 13.1. The monoisotopic (exact) mass is 350 g/mol. The molecular weight excluding hydrogens is 328 g/mol. The summed E-state index contributed by atoms with van der Waals surface area (Å²) in [4.78, 5) is 10.2. The van der Waals surface area contributed by atoms with Gasteiger partial charge in [-0.25, -0.2) is 9.97 Å². The van der Waals surface area contributed by atoms with Crippen molar-refractivity contribution in [2.45, 2.75) is 20.8 Å². The second-order valence-electron chi connectivity index (χ2n) is 6.85. The number of aryl methyl sites for hydroxylation is 3. The van der Waals surface area contributed by atoms with E-state index < -0.39 is 0 Å². The molecule has 2 heteroatoms. The molecule has 0 spiro atoms. The molecule has 0 aliphatic heterocycles. The smallest absolute Gasteiger partial charge is 0.0973 e. The minimum absolute atomic E-state index is 0.925. The first-order valence-corrected chi connectivity index (χ1v) is 9.21. The van der Waals surface area contributed by atoms with Gasteiger partial charge in [-0.1, -0.05) is 78.9 Å². The lowest BCUT2D eigenvalue weighted by Crippen LogP contribution is -2.01. The Morgan fingerprint density at radius 1 is 0.481 bits per heavy atom. The van der Waals surface area contributed by atoms with Crippen molar-refractivity contribution in [3.63, 3.8) is 0 Å². The fourth-order valence-corrected chi connectivity index (χ4v) is 3.44. The largest absolute Gasteiger partial charge is 0.249 e. The fraction of sp³-hybridized carbons (Fsp3) is 0.120. The second-order valence-corrected chi connectivity index (χ2v) is 6.85. The lowest BCUT2D eigenvalue weighted by atomic mass is 9.98. The maximum absolute atomic E-state index is 5.13. The van der Waals surface area contributed by atoms with Gasteiger partial charge < -0.3 is 0 Å². The molecule has 1 aromatic heterocycles. The predicted molar refractivity (Wildman–Crippen MR) is 113 cm³/mol. The van der Waals surface area contributed by atoms with Crippen LogP contribution in [0.3, 0.4) is 0 Å². The highest BCUT2D eigenvalue weighted by atomic mass is 14.8. The highest BCUT2D eigenvalue weighted by Gasteiger charge is 2.17. The molecule has 3 aromatic carbocycles. The van der Waals surface area contributed by atoms with Gasteiger partial charge in [0.15, 0.2) is 0 Å². The van der Waals surface area contributed by atoms with Crippen LogP contribution in [-0.2, 0) is 0 Å². The molecule has 0 aliphatic carbocycles. The summed E-state index contributed by atoms with van der Waals surface area (Å²) in [6.07, 6.45) is 0. The standard InChI is InChI=1S/C25H22N2/c1-17-11-7-9-15-21(17)23-19(3)26-25(22-16-10-8-12-18(22)2)24(27-23)20-13-5-4-6-14-20/h4-16H,1-3H3. The zero-order valence-corrected chi connectivity index (χ0v) is 15.9. The Morgan fingerprint density at radius 2 is 1.00 bits per heavy atom. The Bertz CT molecular complexity index is 1100. The first-order valence-electron chi connectivity index (χ1n) is 9.21. The zero-order chi connectivity index (χ0) is 18.8. The Kier molecular flexibility index (Phi) is 4.55. The minimum atomic E-state index is 0.925. The fourth-order valence-electron chi connectivity index (χ4n) is 3.44. The molecule has 132 valence electrons. The quantitative estimate of drug-likeness (QED) is 0.427. The molecule has 0 unspecified atom stereocenters. The number of nitrogens with zero attached hydrogens (tertiary/aromatic N) is 2. The Hall–Kier alpha value is -3.26. The van der Waals surface area contributed by atoms with Gasteiger partial charge in [-0.05, 0) is 31.9 Å². The average molecular weight is 350 g/mol. The predicted octanol–water partition coefficient (Wildman–Crippen LogP) is 6.40. The molecule has 0 saturated carbocycles. The van der Waals surface area contributed by atoms with Gasteiger partial charge in [-0.15, -0.1) is 0 Å². The van der Waals surface area contributed by atoms with Gasteiger partial charge in [0.1, 0.15) is 0 Å². The van der Waals surface area contributed by atoms with Gasteiger partial charge in [0.25, 0.3) is 0 Å². The van der Waals surface area contributed by atoms with Crippen molar-refractivity contribution >= 4 is 0 Å². The summed E-state index contributed by atoms with van der Waals surface area (Å²) in [5.74, 6) is 0. The summed E-state index contributed by atoms with van der Waals surface area (Å²) >= 11 is 0. The Labute approximate surface area is 160 Å². The normalized spacial score (nSPS) is 10.8. The molecule has 0 fully saturated rings. The third-order valence-corrected chi connectivity index (χ3v) is 4.92. The van der Waals surface area contributed by atoms with E-state index in [4.69, 9.17) is 9.97 Å². The van der Waals surface area contributed by atoms with Crippen LogP contribution in [0.2, 0.25) is 0 Å². The van der Waals surface area contributed by atoms with Crippen LogP contribution in [0.15, 0.2) is 78.9 Å². The van der Waals surface area contributed by atoms with Crippen LogP contribution in [0, 0.1) is 20.8 Å². The van der Waals surface area contributed by atoms with Crippen molar-refractivity contribution in [2.75, 3.05) is 0 Å². The number of benzene rings is 3. The SMILES string of the molecule is Cc1ccccc1-c1nc(-c2ccccc2)c(-c2ccccc2C)nc1C. The van der Waals surface area contributed by atoms with Crippen LogP contribution < -0.4 is 0 Å². The van der Waals surface area contributed by atoms with Crippen molar-refractivity contribution in [1.82, 2.24) is 9.97 Å². The maximum atomic E-state index is 5.13. The van der Waals surface area contributed by atoms with Crippen molar-refractivity contribution in [3.05, 3.63) is 95.7 Å². The summed E-state index contributed by atoms with van der Waals surface area (Å²) in [5, 5.41) is 0. The molecule has 0 bridgehead atoms. The lowest BCUT2D eigenvalue weighted by molar-refractivity contribution is 1.13. The third kappa shape index (κ3) is 3.26. The van der Waals surface area contributed by atoms with Crippen molar-refractivity contribution < 1.29 is 0 Å². The average Bonchev–Trinajstić information content (AvgIpc) is 2.70. The van der Waals surface area contributed by atoms with E-state index in [1.54, 1.807) is 0 Å². The summed E-state index contributed by atoms with van der Waals surface area (Å²) in [6, 6.07) is 27.0. The summed E-state index contributed by atoms with van der Waals surface area (Å²) < 4.78 is 0. The number of hydrogen-bond donors (Lipinski definition) is 0. The van der Waals surface area contributed by atoms with Crippen molar-refractivity contribution in [2.24, 2.45) is 0 Å². The number of rotatable bonds is 3. The molecule has 4 aromatic rings. The molecule has 0 N–H and O–H groups in total. The second kappa shape index (κ2) is 7.16. The van der Waals surface area contributed by atoms with E-state index in [-0.39, 0.29) is 0 Å². The molecule has 0 radical (unpaired) electrons. The minimum Gasteiger partial charge on any atom is -0.249 e. The first kappa shape index (κ1) is 17.2. The number of aromatic nitrogens is 2. The molecule has 27 heavy (non-hydrogen) atoms. The molecule has 0 aliphatic rings. The van der Waals surface area contributed by atoms with E-state index in [1.165, 1.54) is 11.1 Å². The van der Waals surface area contributed by atoms with Gasteiger partial charge in [0.05, 0.1) is 22.8 Å². The van der Waals surface area contributed by atoms with Crippen LogP contribution in [0.1, 0.15) is 16.8 Å². The highest BCUT2D eigenvalue weighted by Crippen LogP contribution is 2.34. The third-order valence-electron chi connectivity index (χ3n) is 4.92. The molecule has 0 saturated heterocycles. The van der Waals surface area contributed by atoms with Crippen LogP contribution in [0.5, 0.6) is 0 Å². The molecule has 4 rings (SSSR count). The Morgan fingerprint density at radius 3 is 1.59 bits per heavy atom. The lowest BCUT2D eigenvalue weighted by Gasteiger charge is -2.16. The van der Waals surface area contributed by atoms with Crippen LogP contribution in [-0.4, -0.2) is 9.97 Å².